The first-order chi connectivity index (χ1) is 9.81. The van der Waals surface area contributed by atoms with Crippen LogP contribution in [0.15, 0.2) is 40.9 Å². The number of nitrogens with zero attached hydrogens (tertiary/aromatic N) is 2. The first-order valence-corrected chi connectivity index (χ1v) is 7.52. The van der Waals surface area contributed by atoms with Crippen LogP contribution in [0.3, 0.4) is 0 Å². The summed E-state index contributed by atoms with van der Waals surface area (Å²) in [4.78, 5) is 2.63. The van der Waals surface area contributed by atoms with Gasteiger partial charge in [-0.05, 0) is 31.2 Å². The fraction of sp³-hybridized carbons (Fsp3) is 0.471. The molecule has 0 spiro atoms. The third-order valence-electron chi connectivity index (χ3n) is 4.90. The molecule has 1 aromatic carbocycles. The fourth-order valence-electron chi connectivity index (χ4n) is 4.07. The summed E-state index contributed by atoms with van der Waals surface area (Å²) in [6.45, 7) is 4.27. The van der Waals surface area contributed by atoms with Crippen LogP contribution in [-0.2, 0) is 6.54 Å². The second kappa shape index (κ2) is 4.74. The highest BCUT2D eigenvalue weighted by Crippen LogP contribution is 2.49. The average Bonchev–Trinajstić information content (AvgIpc) is 3.13. The normalized spacial score (nSPS) is 29.1. The quantitative estimate of drug-likeness (QED) is 0.854. The maximum absolute atomic E-state index is 5.55. The van der Waals surface area contributed by atoms with E-state index >= 15 is 0 Å². The molecule has 2 heterocycles. The molecule has 2 bridgehead atoms. The van der Waals surface area contributed by atoms with E-state index in [1.807, 2.05) is 6.92 Å². The number of aryl methyl sites for hydroxylation is 1. The van der Waals surface area contributed by atoms with Gasteiger partial charge in [0.25, 0.3) is 0 Å². The number of likely N-dealkylation sites (tertiary alicyclic amines) is 1. The molecule has 20 heavy (non-hydrogen) atoms. The molecule has 0 radical (unpaired) electrons. The minimum absolute atomic E-state index is 0.555. The van der Waals surface area contributed by atoms with Gasteiger partial charge in [0.15, 0.2) is 0 Å². The van der Waals surface area contributed by atoms with Crippen LogP contribution >= 0.6 is 0 Å². The minimum atomic E-state index is 0.555. The maximum atomic E-state index is 5.55. The first kappa shape index (κ1) is 12.2. The molecule has 0 N–H and O–H groups in total. The van der Waals surface area contributed by atoms with Crippen molar-refractivity contribution in [3.05, 3.63) is 53.4 Å². The second-order valence-corrected chi connectivity index (χ2v) is 6.22. The monoisotopic (exact) mass is 268 g/mol. The lowest BCUT2D eigenvalue weighted by atomic mass is 9.95. The number of hydrogen-bond donors (Lipinski definition) is 0. The summed E-state index contributed by atoms with van der Waals surface area (Å²) < 4.78 is 5.55. The van der Waals surface area contributed by atoms with Crippen LogP contribution in [0.4, 0.5) is 0 Å². The van der Waals surface area contributed by atoms with E-state index in [2.05, 4.69) is 46.5 Å². The lowest BCUT2D eigenvalue weighted by molar-refractivity contribution is 0.200. The van der Waals surface area contributed by atoms with Gasteiger partial charge in [0.05, 0.1) is 5.69 Å². The largest absolute Gasteiger partial charge is 0.361 e. The predicted molar refractivity (Wildman–Crippen MR) is 77.3 cm³/mol. The molecule has 3 atom stereocenters. The van der Waals surface area contributed by atoms with Crippen molar-refractivity contribution in [2.45, 2.75) is 38.3 Å². The summed E-state index contributed by atoms with van der Waals surface area (Å²) in [6.07, 6.45) is 2.63. The molecule has 0 unspecified atom stereocenters. The lowest BCUT2D eigenvalue weighted by Gasteiger charge is -2.27. The molecular formula is C17H20N2O. The molecule has 2 aromatic rings. The van der Waals surface area contributed by atoms with Crippen molar-refractivity contribution in [2.24, 2.45) is 5.92 Å². The van der Waals surface area contributed by atoms with Crippen molar-refractivity contribution in [2.75, 3.05) is 6.54 Å². The number of hydrogen-bond acceptors (Lipinski definition) is 3. The number of aromatic nitrogens is 1. The number of fused-ring (bicyclic) bond motifs is 2. The predicted octanol–water partition coefficient (Wildman–Crippen LogP) is 3.36. The van der Waals surface area contributed by atoms with E-state index < -0.39 is 0 Å². The van der Waals surface area contributed by atoms with Gasteiger partial charge in [-0.25, -0.2) is 0 Å². The summed E-state index contributed by atoms with van der Waals surface area (Å²) >= 11 is 0. The zero-order valence-corrected chi connectivity index (χ0v) is 11.8. The summed E-state index contributed by atoms with van der Waals surface area (Å²) in [5, 5.41) is 4.07. The van der Waals surface area contributed by atoms with Gasteiger partial charge in [-0.3, -0.25) is 4.90 Å². The Hall–Kier alpha value is -1.61. The Morgan fingerprint density at radius 2 is 2.10 bits per heavy atom. The van der Waals surface area contributed by atoms with E-state index in [0.717, 1.165) is 23.9 Å². The van der Waals surface area contributed by atoms with Crippen LogP contribution in [0.2, 0.25) is 0 Å². The number of benzene rings is 1. The van der Waals surface area contributed by atoms with Crippen molar-refractivity contribution in [1.29, 1.82) is 0 Å². The maximum Gasteiger partial charge on any atom is 0.141 e. The molecule has 1 aliphatic heterocycles. The second-order valence-electron chi connectivity index (χ2n) is 6.22. The fourth-order valence-corrected chi connectivity index (χ4v) is 4.07. The van der Waals surface area contributed by atoms with Crippen LogP contribution < -0.4 is 0 Å². The molecule has 4 rings (SSSR count). The molecular weight excluding hydrogens is 248 g/mol. The molecule has 1 aliphatic carbocycles. The highest BCUT2D eigenvalue weighted by molar-refractivity contribution is 5.21. The van der Waals surface area contributed by atoms with Crippen molar-refractivity contribution in [3.63, 3.8) is 0 Å². The average molecular weight is 268 g/mol. The highest BCUT2D eigenvalue weighted by Gasteiger charge is 2.48. The van der Waals surface area contributed by atoms with Gasteiger partial charge in [-0.2, -0.15) is 0 Å². The SMILES string of the molecule is Cc1cc([C@@H]2[C@@H]3CC[C@H]2N(Cc2ccccc2)C3)on1. The molecule has 104 valence electrons. The summed E-state index contributed by atoms with van der Waals surface area (Å²) in [5.74, 6) is 2.40. The van der Waals surface area contributed by atoms with Gasteiger partial charge in [0, 0.05) is 31.1 Å². The van der Waals surface area contributed by atoms with E-state index in [0.29, 0.717) is 12.0 Å². The Balaban J connectivity index is 1.55. The van der Waals surface area contributed by atoms with Gasteiger partial charge < -0.3 is 4.52 Å². The standard InChI is InChI=1S/C17H20N2O/c1-12-9-16(20-18-12)17-14-7-8-15(17)19(11-14)10-13-5-3-2-4-6-13/h2-6,9,14-15,17H,7-8,10-11H2,1H3/t14-,15-,17-/m1/s1. The zero-order chi connectivity index (χ0) is 13.5. The topological polar surface area (TPSA) is 29.3 Å². The highest BCUT2D eigenvalue weighted by atomic mass is 16.5. The molecule has 0 amide bonds. The van der Waals surface area contributed by atoms with Crippen LogP contribution in [0.5, 0.6) is 0 Å². The molecule has 2 fully saturated rings. The molecule has 1 aromatic heterocycles. The summed E-state index contributed by atoms with van der Waals surface area (Å²) in [6, 6.07) is 13.5. The Kier molecular flexibility index (Phi) is 2.88. The van der Waals surface area contributed by atoms with Gasteiger partial charge in [0.1, 0.15) is 5.76 Å². The third kappa shape index (κ3) is 1.97. The zero-order valence-electron chi connectivity index (χ0n) is 11.8. The van der Waals surface area contributed by atoms with Crippen LogP contribution in [-0.4, -0.2) is 22.6 Å². The Morgan fingerprint density at radius 1 is 1.25 bits per heavy atom. The van der Waals surface area contributed by atoms with E-state index in [1.165, 1.54) is 24.9 Å². The smallest absolute Gasteiger partial charge is 0.141 e. The van der Waals surface area contributed by atoms with Gasteiger partial charge in [-0.1, -0.05) is 35.5 Å². The Bertz CT molecular complexity index is 592. The van der Waals surface area contributed by atoms with Gasteiger partial charge >= 0.3 is 0 Å². The van der Waals surface area contributed by atoms with E-state index in [-0.39, 0.29) is 0 Å². The molecule has 3 nitrogen and oxygen atoms in total. The van der Waals surface area contributed by atoms with Crippen LogP contribution in [0, 0.1) is 12.8 Å². The van der Waals surface area contributed by atoms with E-state index in [1.54, 1.807) is 0 Å². The summed E-state index contributed by atoms with van der Waals surface area (Å²) in [7, 11) is 0. The van der Waals surface area contributed by atoms with Gasteiger partial charge in [-0.15, -0.1) is 0 Å². The Labute approximate surface area is 119 Å². The van der Waals surface area contributed by atoms with Crippen LogP contribution in [0.1, 0.15) is 35.8 Å². The summed E-state index contributed by atoms with van der Waals surface area (Å²) in [5.41, 5.74) is 2.41. The van der Waals surface area contributed by atoms with Crippen molar-refractivity contribution in [3.8, 4) is 0 Å². The third-order valence-corrected chi connectivity index (χ3v) is 4.90. The number of rotatable bonds is 3. The molecule has 1 saturated carbocycles. The van der Waals surface area contributed by atoms with E-state index in [9.17, 15) is 0 Å². The lowest BCUT2D eigenvalue weighted by Crippen LogP contribution is -2.32. The minimum Gasteiger partial charge on any atom is -0.361 e. The molecule has 3 heteroatoms. The van der Waals surface area contributed by atoms with E-state index in [4.69, 9.17) is 4.52 Å². The molecule has 1 saturated heterocycles. The first-order valence-electron chi connectivity index (χ1n) is 7.52. The van der Waals surface area contributed by atoms with Crippen molar-refractivity contribution in [1.82, 2.24) is 10.1 Å². The molecule has 2 aliphatic rings. The Morgan fingerprint density at radius 3 is 2.85 bits per heavy atom. The van der Waals surface area contributed by atoms with Crippen molar-refractivity contribution >= 4 is 0 Å². The number of piperidine rings is 1. The van der Waals surface area contributed by atoms with Gasteiger partial charge in [0.2, 0.25) is 0 Å². The van der Waals surface area contributed by atoms with Crippen molar-refractivity contribution < 1.29 is 4.52 Å². The van der Waals surface area contributed by atoms with Crippen LogP contribution in [0.25, 0.3) is 0 Å².